The third-order valence-corrected chi connectivity index (χ3v) is 2.46. The van der Waals surface area contributed by atoms with Crippen LogP contribution in [0, 0.1) is 0 Å². The Kier molecular flexibility index (Phi) is 1.79. The first-order valence-electron chi connectivity index (χ1n) is 4.72. The summed E-state index contributed by atoms with van der Waals surface area (Å²) in [5.41, 5.74) is 0.0867. The van der Waals surface area contributed by atoms with E-state index in [1.807, 2.05) is 0 Å². The lowest BCUT2D eigenvalue weighted by Gasteiger charge is -2.05. The number of hydrogen-bond acceptors (Lipinski definition) is 6. The SMILES string of the molecule is COc1cc2c(cc1O)c(=O)[nH]c1nnnn12. The summed E-state index contributed by atoms with van der Waals surface area (Å²) in [4.78, 5) is 14.2. The van der Waals surface area contributed by atoms with E-state index in [2.05, 4.69) is 20.5 Å². The molecule has 0 fully saturated rings. The van der Waals surface area contributed by atoms with Gasteiger partial charge in [-0.1, -0.05) is 5.10 Å². The Morgan fingerprint density at radius 2 is 2.29 bits per heavy atom. The van der Waals surface area contributed by atoms with Crippen LogP contribution in [-0.2, 0) is 0 Å². The number of methoxy groups -OCH3 is 1. The fourth-order valence-corrected chi connectivity index (χ4v) is 1.67. The first-order chi connectivity index (χ1) is 8.20. The maximum absolute atomic E-state index is 11.7. The molecule has 0 aliphatic heterocycles. The number of hydrogen-bond donors (Lipinski definition) is 2. The molecule has 8 nitrogen and oxygen atoms in total. The minimum Gasteiger partial charge on any atom is -0.504 e. The molecule has 0 aliphatic carbocycles. The highest BCUT2D eigenvalue weighted by Crippen LogP contribution is 2.29. The summed E-state index contributed by atoms with van der Waals surface area (Å²) in [6.45, 7) is 0. The van der Waals surface area contributed by atoms with Crippen molar-refractivity contribution in [1.29, 1.82) is 0 Å². The quantitative estimate of drug-likeness (QED) is 0.596. The molecule has 2 aromatic heterocycles. The largest absolute Gasteiger partial charge is 0.504 e. The van der Waals surface area contributed by atoms with Gasteiger partial charge in [-0.15, -0.1) is 0 Å². The van der Waals surface area contributed by atoms with Gasteiger partial charge in [-0.05, 0) is 16.5 Å². The van der Waals surface area contributed by atoms with E-state index in [1.54, 1.807) is 0 Å². The van der Waals surface area contributed by atoms with Crippen LogP contribution in [0.5, 0.6) is 11.5 Å². The van der Waals surface area contributed by atoms with Crippen molar-refractivity contribution < 1.29 is 9.84 Å². The van der Waals surface area contributed by atoms with Gasteiger partial charge in [0.25, 0.3) is 11.3 Å². The molecule has 0 spiro atoms. The number of H-pyrrole nitrogens is 1. The van der Waals surface area contributed by atoms with Crippen molar-refractivity contribution >= 4 is 16.7 Å². The van der Waals surface area contributed by atoms with E-state index in [-0.39, 0.29) is 28.2 Å². The summed E-state index contributed by atoms with van der Waals surface area (Å²) >= 11 is 0. The fraction of sp³-hybridized carbons (Fsp3) is 0.111. The number of benzene rings is 1. The Hall–Kier alpha value is -2.64. The number of aromatic hydroxyl groups is 1. The van der Waals surface area contributed by atoms with Crippen molar-refractivity contribution in [1.82, 2.24) is 25.0 Å². The molecule has 86 valence electrons. The highest BCUT2D eigenvalue weighted by molar-refractivity contribution is 5.83. The Morgan fingerprint density at radius 3 is 3.06 bits per heavy atom. The Morgan fingerprint density at radius 1 is 1.47 bits per heavy atom. The topological polar surface area (TPSA) is 105 Å². The zero-order valence-electron chi connectivity index (χ0n) is 8.71. The predicted molar refractivity (Wildman–Crippen MR) is 57.1 cm³/mol. The molecule has 0 unspecified atom stereocenters. The highest BCUT2D eigenvalue weighted by atomic mass is 16.5. The molecule has 1 aromatic carbocycles. The van der Waals surface area contributed by atoms with Crippen LogP contribution in [0.3, 0.4) is 0 Å². The predicted octanol–water partition coefficient (Wildman–Crippen LogP) is -0.320. The van der Waals surface area contributed by atoms with Gasteiger partial charge in [-0.2, -0.15) is 4.52 Å². The van der Waals surface area contributed by atoms with Gasteiger partial charge in [-0.25, -0.2) is 0 Å². The number of rotatable bonds is 1. The summed E-state index contributed by atoms with van der Waals surface area (Å²) in [6.07, 6.45) is 0. The monoisotopic (exact) mass is 233 g/mol. The molecule has 0 radical (unpaired) electrons. The molecule has 0 aliphatic rings. The molecule has 0 bridgehead atoms. The van der Waals surface area contributed by atoms with Gasteiger partial charge in [-0.3, -0.25) is 9.78 Å². The van der Waals surface area contributed by atoms with Crippen molar-refractivity contribution in [2.45, 2.75) is 0 Å². The second kappa shape index (κ2) is 3.17. The van der Waals surface area contributed by atoms with Gasteiger partial charge in [0.1, 0.15) is 0 Å². The Bertz CT molecular complexity index is 775. The third-order valence-electron chi connectivity index (χ3n) is 2.46. The van der Waals surface area contributed by atoms with Crippen molar-refractivity contribution in [3.63, 3.8) is 0 Å². The van der Waals surface area contributed by atoms with Crippen LogP contribution < -0.4 is 10.3 Å². The smallest absolute Gasteiger partial charge is 0.260 e. The van der Waals surface area contributed by atoms with Crippen LogP contribution in [0.1, 0.15) is 0 Å². The molecule has 17 heavy (non-hydrogen) atoms. The number of aromatic nitrogens is 5. The van der Waals surface area contributed by atoms with Crippen molar-refractivity contribution in [2.24, 2.45) is 0 Å². The molecule has 2 N–H and O–H groups in total. The third kappa shape index (κ3) is 1.24. The van der Waals surface area contributed by atoms with Gasteiger partial charge >= 0.3 is 0 Å². The summed E-state index contributed by atoms with van der Waals surface area (Å²) < 4.78 is 6.33. The highest BCUT2D eigenvalue weighted by Gasteiger charge is 2.11. The first kappa shape index (κ1) is 9.58. The summed E-state index contributed by atoms with van der Waals surface area (Å²) in [5.74, 6) is 0.369. The normalized spacial score (nSPS) is 11.1. The van der Waals surface area contributed by atoms with Gasteiger partial charge in [0.05, 0.1) is 18.0 Å². The average molecular weight is 233 g/mol. The number of fused-ring (bicyclic) bond motifs is 3. The van der Waals surface area contributed by atoms with E-state index in [1.165, 1.54) is 23.8 Å². The molecular formula is C9H7N5O3. The minimum absolute atomic E-state index is 0.113. The summed E-state index contributed by atoms with van der Waals surface area (Å²) in [6, 6.07) is 2.82. The first-order valence-corrected chi connectivity index (χ1v) is 4.72. The average Bonchev–Trinajstić information content (AvgIpc) is 2.77. The molecular weight excluding hydrogens is 226 g/mol. The molecule has 3 rings (SSSR count). The lowest BCUT2D eigenvalue weighted by Crippen LogP contribution is -2.10. The van der Waals surface area contributed by atoms with E-state index in [9.17, 15) is 9.90 Å². The van der Waals surface area contributed by atoms with E-state index in [4.69, 9.17) is 4.74 Å². The lowest BCUT2D eigenvalue weighted by atomic mass is 10.2. The summed E-state index contributed by atoms with van der Waals surface area (Å²) in [7, 11) is 1.42. The fourth-order valence-electron chi connectivity index (χ4n) is 1.67. The van der Waals surface area contributed by atoms with Gasteiger partial charge in [0.2, 0.25) is 0 Å². The lowest BCUT2D eigenvalue weighted by molar-refractivity contribution is 0.374. The van der Waals surface area contributed by atoms with Crippen LogP contribution in [0.2, 0.25) is 0 Å². The molecule has 0 amide bonds. The van der Waals surface area contributed by atoms with Gasteiger partial charge in [0.15, 0.2) is 11.5 Å². The van der Waals surface area contributed by atoms with Crippen LogP contribution in [0.4, 0.5) is 0 Å². The van der Waals surface area contributed by atoms with Crippen molar-refractivity contribution in [2.75, 3.05) is 7.11 Å². The number of tetrazole rings is 1. The second-order valence-corrected chi connectivity index (χ2v) is 3.41. The molecule has 2 heterocycles. The van der Waals surface area contributed by atoms with Crippen LogP contribution in [0.15, 0.2) is 16.9 Å². The van der Waals surface area contributed by atoms with E-state index >= 15 is 0 Å². The molecule has 8 heteroatoms. The zero-order valence-corrected chi connectivity index (χ0v) is 8.71. The van der Waals surface area contributed by atoms with E-state index < -0.39 is 0 Å². The van der Waals surface area contributed by atoms with Crippen molar-refractivity contribution in [3.8, 4) is 11.5 Å². The summed E-state index contributed by atoms with van der Waals surface area (Å²) in [5, 5.41) is 20.7. The molecule has 0 saturated carbocycles. The van der Waals surface area contributed by atoms with E-state index in [0.29, 0.717) is 5.52 Å². The number of nitrogens with zero attached hydrogens (tertiary/aromatic N) is 4. The maximum Gasteiger partial charge on any atom is 0.260 e. The molecule has 0 saturated heterocycles. The van der Waals surface area contributed by atoms with Gasteiger partial charge < -0.3 is 9.84 Å². The van der Waals surface area contributed by atoms with E-state index in [0.717, 1.165) is 0 Å². The number of nitrogens with one attached hydrogen (secondary N) is 1. The number of ether oxygens (including phenoxy) is 1. The minimum atomic E-state index is -0.375. The molecule has 0 atom stereocenters. The van der Waals surface area contributed by atoms with Crippen LogP contribution >= 0.6 is 0 Å². The zero-order chi connectivity index (χ0) is 12.0. The number of phenolic OH excluding ortho intramolecular Hbond substituents is 1. The Balaban J connectivity index is 2.58. The standard InChI is InChI=1S/C9H7N5O3/c1-17-7-3-5-4(2-6(7)15)8(16)10-9-11-12-13-14(5)9/h2-3,15H,1H3,(H,10,11,13,16). The number of aromatic amines is 1. The van der Waals surface area contributed by atoms with Crippen LogP contribution in [-0.4, -0.2) is 37.2 Å². The second-order valence-electron chi connectivity index (χ2n) is 3.41. The van der Waals surface area contributed by atoms with Crippen LogP contribution in [0.25, 0.3) is 16.7 Å². The maximum atomic E-state index is 11.7. The van der Waals surface area contributed by atoms with Gasteiger partial charge in [0, 0.05) is 6.07 Å². The molecule has 3 aromatic rings. The Labute approximate surface area is 93.4 Å². The van der Waals surface area contributed by atoms with Crippen molar-refractivity contribution in [3.05, 3.63) is 22.5 Å². The number of phenols is 1.